The summed E-state index contributed by atoms with van der Waals surface area (Å²) in [6, 6.07) is 1.99. The van der Waals surface area contributed by atoms with Crippen molar-refractivity contribution in [2.75, 3.05) is 0 Å². The number of aromatic nitrogens is 2. The standard InChI is InChI=1S/C20H34N4O2/c1-19(2,3)16-11-13(23-24-16)12-21-17(25)14-9-7-8-10-15(14)18(26)22-20(4,5)6/h11,14-15H,7-10,12H2,1-6H3,(H,21,25)(H,22,26)(H,23,24)/t14-,15+/m0/s1. The summed E-state index contributed by atoms with van der Waals surface area (Å²) < 4.78 is 0. The molecule has 6 nitrogen and oxygen atoms in total. The number of hydrogen-bond acceptors (Lipinski definition) is 3. The maximum atomic E-state index is 12.7. The molecular weight excluding hydrogens is 328 g/mol. The van der Waals surface area contributed by atoms with Gasteiger partial charge in [0.15, 0.2) is 0 Å². The Morgan fingerprint density at radius 2 is 1.65 bits per heavy atom. The molecule has 2 amide bonds. The number of rotatable bonds is 4. The average molecular weight is 363 g/mol. The third-order valence-corrected chi connectivity index (χ3v) is 4.79. The molecule has 0 aliphatic heterocycles. The van der Waals surface area contributed by atoms with Crippen molar-refractivity contribution in [2.24, 2.45) is 11.8 Å². The fourth-order valence-electron chi connectivity index (χ4n) is 3.37. The van der Waals surface area contributed by atoms with Crippen LogP contribution in [0.1, 0.15) is 78.6 Å². The number of carbonyl (C=O) groups excluding carboxylic acids is 2. The number of amides is 2. The highest BCUT2D eigenvalue weighted by Gasteiger charge is 2.36. The molecule has 3 N–H and O–H groups in total. The van der Waals surface area contributed by atoms with Crippen LogP contribution in [0.25, 0.3) is 0 Å². The van der Waals surface area contributed by atoms with E-state index < -0.39 is 0 Å². The van der Waals surface area contributed by atoms with Gasteiger partial charge in [-0.3, -0.25) is 14.7 Å². The zero-order chi connectivity index (χ0) is 19.5. The number of nitrogens with zero attached hydrogens (tertiary/aromatic N) is 1. The van der Waals surface area contributed by atoms with Crippen molar-refractivity contribution in [1.82, 2.24) is 20.8 Å². The Bertz CT molecular complexity index is 637. The molecule has 1 aromatic rings. The zero-order valence-corrected chi connectivity index (χ0v) is 17.0. The van der Waals surface area contributed by atoms with Crippen molar-refractivity contribution in [3.63, 3.8) is 0 Å². The molecule has 146 valence electrons. The van der Waals surface area contributed by atoms with Gasteiger partial charge in [-0.05, 0) is 39.7 Å². The van der Waals surface area contributed by atoms with E-state index in [4.69, 9.17) is 0 Å². The minimum atomic E-state index is -0.283. The molecule has 1 heterocycles. The van der Waals surface area contributed by atoms with Crippen LogP contribution in [0.5, 0.6) is 0 Å². The van der Waals surface area contributed by atoms with Crippen LogP contribution in [0.2, 0.25) is 0 Å². The van der Waals surface area contributed by atoms with Crippen molar-refractivity contribution in [3.8, 4) is 0 Å². The summed E-state index contributed by atoms with van der Waals surface area (Å²) in [7, 11) is 0. The van der Waals surface area contributed by atoms with Gasteiger partial charge in [-0.25, -0.2) is 0 Å². The predicted octanol–water partition coefficient (Wildman–Crippen LogP) is 3.04. The second-order valence-corrected chi connectivity index (χ2v) is 9.48. The van der Waals surface area contributed by atoms with Crippen LogP contribution < -0.4 is 10.6 Å². The molecule has 0 saturated heterocycles. The van der Waals surface area contributed by atoms with E-state index in [9.17, 15) is 9.59 Å². The maximum Gasteiger partial charge on any atom is 0.224 e. The summed E-state index contributed by atoms with van der Waals surface area (Å²) in [5.74, 6) is -0.537. The van der Waals surface area contributed by atoms with E-state index in [-0.39, 0.29) is 34.6 Å². The highest BCUT2D eigenvalue weighted by atomic mass is 16.2. The van der Waals surface area contributed by atoms with Gasteiger partial charge in [0.1, 0.15) is 0 Å². The van der Waals surface area contributed by atoms with Crippen molar-refractivity contribution < 1.29 is 9.59 Å². The Morgan fingerprint density at radius 1 is 1.08 bits per heavy atom. The molecule has 1 saturated carbocycles. The molecule has 0 bridgehead atoms. The number of hydrogen-bond donors (Lipinski definition) is 3. The van der Waals surface area contributed by atoms with Crippen molar-refractivity contribution in [2.45, 2.75) is 84.7 Å². The average Bonchev–Trinajstić information content (AvgIpc) is 3.00. The number of H-pyrrole nitrogens is 1. The highest BCUT2D eigenvalue weighted by Crippen LogP contribution is 2.31. The minimum absolute atomic E-state index is 0.00564. The van der Waals surface area contributed by atoms with Crippen LogP contribution in [0, 0.1) is 11.8 Å². The van der Waals surface area contributed by atoms with Gasteiger partial charge in [-0.1, -0.05) is 33.6 Å². The smallest absolute Gasteiger partial charge is 0.224 e. The lowest BCUT2D eigenvalue weighted by Crippen LogP contribution is -2.49. The van der Waals surface area contributed by atoms with Gasteiger partial charge in [0.2, 0.25) is 11.8 Å². The van der Waals surface area contributed by atoms with Gasteiger partial charge >= 0.3 is 0 Å². The van der Waals surface area contributed by atoms with Crippen LogP contribution in [-0.4, -0.2) is 27.6 Å². The first-order valence-corrected chi connectivity index (χ1v) is 9.62. The Morgan fingerprint density at radius 3 is 2.15 bits per heavy atom. The van der Waals surface area contributed by atoms with Gasteiger partial charge in [0.25, 0.3) is 0 Å². The summed E-state index contributed by atoms with van der Waals surface area (Å²) in [5, 5.41) is 13.3. The molecule has 6 heteroatoms. The summed E-state index contributed by atoms with van der Waals surface area (Å²) in [6.07, 6.45) is 3.54. The van der Waals surface area contributed by atoms with Gasteiger partial charge in [0, 0.05) is 22.8 Å². The molecule has 0 unspecified atom stereocenters. The van der Waals surface area contributed by atoms with Crippen LogP contribution >= 0.6 is 0 Å². The van der Waals surface area contributed by atoms with Gasteiger partial charge < -0.3 is 10.6 Å². The Kier molecular flexibility index (Phi) is 6.14. The molecular formula is C20H34N4O2. The van der Waals surface area contributed by atoms with Crippen molar-refractivity contribution >= 4 is 11.8 Å². The monoisotopic (exact) mass is 362 g/mol. The Balaban J connectivity index is 1.97. The predicted molar refractivity (Wildman–Crippen MR) is 102 cm³/mol. The Labute approximate surface area is 156 Å². The van der Waals surface area contributed by atoms with E-state index in [1.54, 1.807) is 0 Å². The fourth-order valence-corrected chi connectivity index (χ4v) is 3.37. The molecule has 0 radical (unpaired) electrons. The summed E-state index contributed by atoms with van der Waals surface area (Å²) >= 11 is 0. The van der Waals surface area contributed by atoms with Gasteiger partial charge in [0.05, 0.1) is 17.9 Å². The molecule has 0 aromatic carbocycles. The van der Waals surface area contributed by atoms with E-state index in [1.165, 1.54) is 0 Å². The molecule has 1 aliphatic carbocycles. The van der Waals surface area contributed by atoms with E-state index >= 15 is 0 Å². The lowest BCUT2D eigenvalue weighted by atomic mass is 9.77. The summed E-state index contributed by atoms with van der Waals surface area (Å²) in [6.45, 7) is 12.6. The lowest BCUT2D eigenvalue weighted by Gasteiger charge is -2.32. The number of nitrogens with one attached hydrogen (secondary N) is 3. The second kappa shape index (κ2) is 7.80. The lowest BCUT2D eigenvalue weighted by molar-refractivity contribution is -0.137. The van der Waals surface area contributed by atoms with Crippen molar-refractivity contribution in [3.05, 3.63) is 17.5 Å². The quantitative estimate of drug-likeness (QED) is 0.769. The van der Waals surface area contributed by atoms with Gasteiger partial charge in [-0.15, -0.1) is 0 Å². The van der Waals surface area contributed by atoms with Crippen LogP contribution in [0.3, 0.4) is 0 Å². The molecule has 2 atom stereocenters. The summed E-state index contributed by atoms with van der Waals surface area (Å²) in [4.78, 5) is 25.3. The third-order valence-electron chi connectivity index (χ3n) is 4.79. The van der Waals surface area contributed by atoms with Crippen LogP contribution in [0.15, 0.2) is 6.07 Å². The Hall–Kier alpha value is -1.85. The van der Waals surface area contributed by atoms with Crippen LogP contribution in [0.4, 0.5) is 0 Å². The first-order chi connectivity index (χ1) is 12.0. The van der Waals surface area contributed by atoms with E-state index in [1.807, 2.05) is 26.8 Å². The van der Waals surface area contributed by atoms with Crippen LogP contribution in [-0.2, 0) is 21.5 Å². The third kappa shape index (κ3) is 5.58. The first-order valence-electron chi connectivity index (χ1n) is 9.62. The number of carbonyl (C=O) groups is 2. The largest absolute Gasteiger partial charge is 0.351 e. The van der Waals surface area contributed by atoms with E-state index in [2.05, 4.69) is 41.6 Å². The zero-order valence-electron chi connectivity index (χ0n) is 17.0. The molecule has 0 spiro atoms. The second-order valence-electron chi connectivity index (χ2n) is 9.48. The van der Waals surface area contributed by atoms with Gasteiger partial charge in [-0.2, -0.15) is 5.10 Å². The maximum absolute atomic E-state index is 12.7. The molecule has 2 rings (SSSR count). The fraction of sp³-hybridized carbons (Fsp3) is 0.750. The molecule has 1 aliphatic rings. The number of aromatic amines is 1. The van der Waals surface area contributed by atoms with E-state index in [0.29, 0.717) is 6.54 Å². The normalized spacial score (nSPS) is 21.3. The van der Waals surface area contributed by atoms with E-state index in [0.717, 1.165) is 37.1 Å². The van der Waals surface area contributed by atoms with Crippen molar-refractivity contribution in [1.29, 1.82) is 0 Å². The molecule has 1 fully saturated rings. The molecule has 1 aromatic heterocycles. The first kappa shape index (κ1) is 20.5. The topological polar surface area (TPSA) is 86.9 Å². The highest BCUT2D eigenvalue weighted by molar-refractivity contribution is 5.88. The summed E-state index contributed by atoms with van der Waals surface area (Å²) in [5.41, 5.74) is 1.55. The minimum Gasteiger partial charge on any atom is -0.351 e. The SMILES string of the molecule is CC(C)(C)NC(=O)[C@@H]1CCCC[C@@H]1C(=O)NCc1cc(C(C)(C)C)n[nH]1. The molecule has 26 heavy (non-hydrogen) atoms.